The van der Waals surface area contributed by atoms with Gasteiger partial charge in [-0.05, 0) is 44.1 Å². The molecule has 0 atom stereocenters. The summed E-state index contributed by atoms with van der Waals surface area (Å²) in [6.07, 6.45) is 3.74. The Morgan fingerprint density at radius 3 is 2.83 bits per heavy atom. The molecule has 94 valence electrons. The number of rotatable bonds is 2. The van der Waals surface area contributed by atoms with Crippen molar-refractivity contribution in [3.05, 3.63) is 34.4 Å². The van der Waals surface area contributed by atoms with E-state index in [0.717, 1.165) is 46.9 Å². The van der Waals surface area contributed by atoms with Crippen LogP contribution in [0.2, 0.25) is 0 Å². The summed E-state index contributed by atoms with van der Waals surface area (Å²) in [6, 6.07) is 6.00. The van der Waals surface area contributed by atoms with Crippen molar-refractivity contribution in [1.29, 1.82) is 0 Å². The molecule has 0 aliphatic carbocycles. The van der Waals surface area contributed by atoms with Crippen molar-refractivity contribution in [2.45, 2.75) is 12.8 Å². The number of fused-ring (bicyclic) bond motifs is 1. The van der Waals surface area contributed by atoms with Gasteiger partial charge in [0.2, 0.25) is 0 Å². The summed E-state index contributed by atoms with van der Waals surface area (Å²) in [7, 11) is 0. The number of nitrogens with one attached hydrogen (secondary N) is 2. The topological polar surface area (TPSA) is 44.9 Å². The minimum absolute atomic E-state index is 0.171. The average Bonchev–Trinajstić information content (AvgIpc) is 2.82. The van der Waals surface area contributed by atoms with Crippen molar-refractivity contribution in [3.8, 4) is 0 Å². The maximum absolute atomic E-state index is 12.5. The highest BCUT2D eigenvalue weighted by Gasteiger charge is 2.24. The molecule has 1 saturated heterocycles. The summed E-state index contributed by atoms with van der Waals surface area (Å²) in [6.45, 7) is 1.89. The number of hydrogen-bond acceptors (Lipinski definition) is 2. The molecule has 0 amide bonds. The number of aromatic nitrogens is 1. The molecule has 0 saturated carbocycles. The molecule has 1 fully saturated rings. The molecule has 0 spiro atoms. The van der Waals surface area contributed by atoms with E-state index in [2.05, 4.69) is 26.2 Å². The molecule has 4 heteroatoms. The van der Waals surface area contributed by atoms with Gasteiger partial charge in [-0.3, -0.25) is 4.79 Å². The lowest BCUT2D eigenvalue weighted by atomic mass is 9.89. The van der Waals surface area contributed by atoms with Crippen LogP contribution in [0.15, 0.2) is 28.9 Å². The fourth-order valence-corrected chi connectivity index (χ4v) is 2.96. The van der Waals surface area contributed by atoms with Crippen molar-refractivity contribution in [3.63, 3.8) is 0 Å². The third kappa shape index (κ3) is 2.10. The second kappa shape index (κ2) is 4.86. The SMILES string of the molecule is O=C(c1c[nH]c2ccc(Br)cc12)C1CCNCC1. The predicted molar refractivity (Wildman–Crippen MR) is 75.9 cm³/mol. The van der Waals surface area contributed by atoms with Crippen molar-refractivity contribution in [2.75, 3.05) is 13.1 Å². The molecule has 0 bridgehead atoms. The van der Waals surface area contributed by atoms with Crippen LogP contribution in [0.1, 0.15) is 23.2 Å². The molecule has 0 radical (unpaired) electrons. The van der Waals surface area contributed by atoms with Crippen LogP contribution in [0, 0.1) is 5.92 Å². The van der Waals surface area contributed by atoms with E-state index in [4.69, 9.17) is 0 Å². The molecule has 18 heavy (non-hydrogen) atoms. The van der Waals surface area contributed by atoms with E-state index in [0.29, 0.717) is 0 Å². The maximum atomic E-state index is 12.5. The van der Waals surface area contributed by atoms with Gasteiger partial charge in [0.15, 0.2) is 5.78 Å². The Kier molecular flexibility index (Phi) is 3.22. The van der Waals surface area contributed by atoms with Crippen LogP contribution in [0.4, 0.5) is 0 Å². The summed E-state index contributed by atoms with van der Waals surface area (Å²) in [5, 5.41) is 4.31. The van der Waals surface area contributed by atoms with Crippen molar-refractivity contribution < 1.29 is 4.79 Å². The molecular weight excluding hydrogens is 292 g/mol. The van der Waals surface area contributed by atoms with Gasteiger partial charge in [0, 0.05) is 33.1 Å². The Bertz CT molecular complexity index is 584. The predicted octanol–water partition coefficient (Wildman–Crippen LogP) is 3.11. The molecule has 1 aliphatic rings. The Morgan fingerprint density at radius 1 is 1.28 bits per heavy atom. The third-order valence-corrected chi connectivity index (χ3v) is 4.11. The van der Waals surface area contributed by atoms with Gasteiger partial charge in [-0.25, -0.2) is 0 Å². The molecule has 3 nitrogen and oxygen atoms in total. The van der Waals surface area contributed by atoms with Crippen LogP contribution >= 0.6 is 15.9 Å². The number of halogens is 1. The van der Waals surface area contributed by atoms with Gasteiger partial charge in [0.25, 0.3) is 0 Å². The molecule has 3 rings (SSSR count). The minimum Gasteiger partial charge on any atom is -0.360 e. The number of aromatic amines is 1. The molecule has 1 aliphatic heterocycles. The number of carbonyl (C=O) groups is 1. The van der Waals surface area contributed by atoms with Crippen molar-refractivity contribution in [2.24, 2.45) is 5.92 Å². The number of piperidine rings is 1. The molecule has 2 aromatic rings. The Balaban J connectivity index is 1.98. The second-order valence-electron chi connectivity index (χ2n) is 4.78. The van der Waals surface area contributed by atoms with Gasteiger partial charge in [-0.15, -0.1) is 0 Å². The van der Waals surface area contributed by atoms with Crippen molar-refractivity contribution >= 4 is 32.6 Å². The Labute approximate surface area is 114 Å². The fraction of sp³-hybridized carbons (Fsp3) is 0.357. The van der Waals surface area contributed by atoms with E-state index in [1.54, 1.807) is 0 Å². The molecule has 1 aromatic carbocycles. The van der Waals surface area contributed by atoms with E-state index >= 15 is 0 Å². The first kappa shape index (κ1) is 11.9. The summed E-state index contributed by atoms with van der Waals surface area (Å²) >= 11 is 3.46. The van der Waals surface area contributed by atoms with E-state index in [9.17, 15) is 4.79 Å². The quantitative estimate of drug-likeness (QED) is 0.837. The fourth-order valence-electron chi connectivity index (χ4n) is 2.60. The van der Waals surface area contributed by atoms with Gasteiger partial charge < -0.3 is 10.3 Å². The lowest BCUT2D eigenvalue weighted by Crippen LogP contribution is -2.31. The third-order valence-electron chi connectivity index (χ3n) is 3.62. The van der Waals surface area contributed by atoms with Gasteiger partial charge in [-0.1, -0.05) is 15.9 Å². The number of carbonyl (C=O) groups excluding carboxylic acids is 1. The number of Topliss-reactive ketones (excluding diaryl/α,β-unsaturated/α-hetero) is 1. The van der Waals surface area contributed by atoms with Crippen molar-refractivity contribution in [1.82, 2.24) is 10.3 Å². The number of benzene rings is 1. The maximum Gasteiger partial charge on any atom is 0.168 e. The van der Waals surface area contributed by atoms with E-state index in [1.807, 2.05) is 24.4 Å². The average molecular weight is 307 g/mol. The van der Waals surface area contributed by atoms with Crippen LogP contribution < -0.4 is 5.32 Å². The summed E-state index contributed by atoms with van der Waals surface area (Å²) in [5.41, 5.74) is 1.86. The van der Waals surface area contributed by atoms with Crippen LogP contribution in [0.3, 0.4) is 0 Å². The summed E-state index contributed by atoms with van der Waals surface area (Å²) in [4.78, 5) is 15.7. The van der Waals surface area contributed by atoms with Crippen LogP contribution in [-0.4, -0.2) is 23.9 Å². The first-order chi connectivity index (χ1) is 8.75. The van der Waals surface area contributed by atoms with Gasteiger partial charge >= 0.3 is 0 Å². The molecule has 2 heterocycles. The van der Waals surface area contributed by atoms with E-state index < -0.39 is 0 Å². The zero-order chi connectivity index (χ0) is 12.5. The zero-order valence-electron chi connectivity index (χ0n) is 10.0. The van der Waals surface area contributed by atoms with Gasteiger partial charge in [0.05, 0.1) is 0 Å². The summed E-state index contributed by atoms with van der Waals surface area (Å²) in [5.74, 6) is 0.449. The number of ketones is 1. The van der Waals surface area contributed by atoms with Gasteiger partial charge in [-0.2, -0.15) is 0 Å². The highest BCUT2D eigenvalue weighted by Crippen LogP contribution is 2.26. The Morgan fingerprint density at radius 2 is 2.06 bits per heavy atom. The first-order valence-electron chi connectivity index (χ1n) is 6.27. The lowest BCUT2D eigenvalue weighted by molar-refractivity contribution is 0.0897. The highest BCUT2D eigenvalue weighted by molar-refractivity contribution is 9.10. The Hall–Kier alpha value is -1.13. The normalized spacial score (nSPS) is 17.2. The second-order valence-corrected chi connectivity index (χ2v) is 5.70. The summed E-state index contributed by atoms with van der Waals surface area (Å²) < 4.78 is 1.01. The largest absolute Gasteiger partial charge is 0.360 e. The van der Waals surface area contributed by atoms with Gasteiger partial charge in [0.1, 0.15) is 0 Å². The standard InChI is InChI=1S/C14H15BrN2O/c15-10-1-2-13-11(7-10)12(8-17-13)14(18)9-3-5-16-6-4-9/h1-2,7-9,16-17H,3-6H2. The van der Waals surface area contributed by atoms with Crippen LogP contribution in [-0.2, 0) is 0 Å². The zero-order valence-corrected chi connectivity index (χ0v) is 11.6. The smallest absolute Gasteiger partial charge is 0.168 e. The number of hydrogen-bond donors (Lipinski definition) is 2. The van der Waals surface area contributed by atoms with E-state index in [1.165, 1.54) is 0 Å². The molecule has 0 unspecified atom stereocenters. The lowest BCUT2D eigenvalue weighted by Gasteiger charge is -2.21. The van der Waals surface area contributed by atoms with Crippen LogP contribution in [0.5, 0.6) is 0 Å². The van der Waals surface area contributed by atoms with Crippen LogP contribution in [0.25, 0.3) is 10.9 Å². The highest BCUT2D eigenvalue weighted by atomic mass is 79.9. The van der Waals surface area contributed by atoms with E-state index in [-0.39, 0.29) is 11.7 Å². The monoisotopic (exact) mass is 306 g/mol. The number of H-pyrrole nitrogens is 1. The molecule has 2 N–H and O–H groups in total. The molecular formula is C14H15BrN2O. The molecule has 1 aromatic heterocycles. The first-order valence-corrected chi connectivity index (χ1v) is 7.06. The minimum atomic E-state index is 0.171.